The summed E-state index contributed by atoms with van der Waals surface area (Å²) < 4.78 is 109. The zero-order valence-electron chi connectivity index (χ0n) is 20.6. The summed E-state index contributed by atoms with van der Waals surface area (Å²) in [6.07, 6.45) is -8.53. The highest BCUT2D eigenvalue weighted by atomic mass is 32.2. The van der Waals surface area contributed by atoms with Crippen LogP contribution >= 0.6 is 11.3 Å². The van der Waals surface area contributed by atoms with E-state index in [1.807, 2.05) is 11.9 Å². The SMILES string of the molecule is CN1CCN(S(=O)(=O)c2ccc(C#Cc3cnn4c(C(F)(F)F)cc(-c5cccc(C(F)(F)F)c5)nc34)s2)CC1. The van der Waals surface area contributed by atoms with Crippen LogP contribution in [0.1, 0.15) is 21.7 Å². The molecule has 0 amide bonds. The summed E-state index contributed by atoms with van der Waals surface area (Å²) in [6.45, 7) is 1.89. The zero-order valence-corrected chi connectivity index (χ0v) is 22.2. The molecule has 4 heterocycles. The summed E-state index contributed by atoms with van der Waals surface area (Å²) in [6, 6.07) is 7.37. The molecule has 210 valence electrons. The van der Waals surface area contributed by atoms with Crippen molar-refractivity contribution < 1.29 is 34.8 Å². The number of piperazine rings is 1. The van der Waals surface area contributed by atoms with E-state index in [0.29, 0.717) is 47.7 Å². The third kappa shape index (κ3) is 5.57. The molecule has 0 unspecified atom stereocenters. The summed E-state index contributed by atoms with van der Waals surface area (Å²) in [7, 11) is -1.82. The number of aromatic nitrogens is 3. The number of fused-ring (bicyclic) bond motifs is 1. The maximum absolute atomic E-state index is 13.9. The molecule has 7 nitrogen and oxygen atoms in total. The van der Waals surface area contributed by atoms with E-state index in [1.165, 1.54) is 22.5 Å². The molecule has 0 atom stereocenters. The molecule has 1 aromatic carbocycles. The first-order chi connectivity index (χ1) is 18.7. The van der Waals surface area contributed by atoms with Gasteiger partial charge in [0.05, 0.1) is 27.9 Å². The van der Waals surface area contributed by atoms with Gasteiger partial charge in [0, 0.05) is 31.7 Å². The number of likely N-dealkylation sites (N-methyl/N-ethyl adjacent to an activating group) is 1. The summed E-state index contributed by atoms with van der Waals surface area (Å²) in [5, 5.41) is 3.75. The number of thiophene rings is 1. The number of sulfonamides is 1. The third-order valence-corrected chi connectivity index (χ3v) is 9.57. The summed E-state index contributed by atoms with van der Waals surface area (Å²) in [5.74, 6) is 5.42. The first-order valence-corrected chi connectivity index (χ1v) is 13.9. The van der Waals surface area contributed by atoms with Crippen LogP contribution in [-0.2, 0) is 22.4 Å². The van der Waals surface area contributed by atoms with Gasteiger partial charge in [-0.3, -0.25) is 0 Å². The largest absolute Gasteiger partial charge is 0.433 e. The van der Waals surface area contributed by atoms with Gasteiger partial charge in [0.15, 0.2) is 11.3 Å². The number of alkyl halides is 6. The number of hydrogen-bond acceptors (Lipinski definition) is 6. The number of rotatable bonds is 3. The Labute approximate surface area is 228 Å². The van der Waals surface area contributed by atoms with Crippen LogP contribution in [0.15, 0.2) is 52.9 Å². The zero-order chi connectivity index (χ0) is 28.9. The van der Waals surface area contributed by atoms with E-state index in [4.69, 9.17) is 0 Å². The minimum absolute atomic E-state index is 0.0174. The fourth-order valence-electron chi connectivity index (χ4n) is 4.07. The molecule has 0 spiro atoms. The lowest BCUT2D eigenvalue weighted by molar-refractivity contribution is -0.142. The quantitative estimate of drug-likeness (QED) is 0.249. The highest BCUT2D eigenvalue weighted by Crippen LogP contribution is 2.35. The van der Waals surface area contributed by atoms with Gasteiger partial charge in [-0.1, -0.05) is 24.0 Å². The van der Waals surface area contributed by atoms with Gasteiger partial charge in [0.25, 0.3) is 10.0 Å². The highest BCUT2D eigenvalue weighted by Gasteiger charge is 2.36. The number of hydrogen-bond donors (Lipinski definition) is 0. The Hall–Kier alpha value is -3.45. The summed E-state index contributed by atoms with van der Waals surface area (Å²) in [4.78, 5) is 6.52. The molecule has 0 saturated carbocycles. The molecule has 0 aliphatic carbocycles. The lowest BCUT2D eigenvalue weighted by Gasteiger charge is -2.31. The Morgan fingerprint density at radius 2 is 1.65 bits per heavy atom. The molecule has 3 aromatic heterocycles. The topological polar surface area (TPSA) is 70.8 Å². The molecule has 1 aliphatic rings. The fourth-order valence-corrected chi connectivity index (χ4v) is 6.80. The molecule has 4 aromatic rings. The van der Waals surface area contributed by atoms with Crippen LogP contribution in [0.4, 0.5) is 26.3 Å². The third-order valence-electron chi connectivity index (χ3n) is 6.21. The molecule has 40 heavy (non-hydrogen) atoms. The van der Waals surface area contributed by atoms with Crippen LogP contribution < -0.4 is 0 Å². The molecule has 5 rings (SSSR count). The predicted octanol–water partition coefficient (Wildman–Crippen LogP) is 4.83. The van der Waals surface area contributed by atoms with Gasteiger partial charge in [-0.05, 0) is 37.4 Å². The van der Waals surface area contributed by atoms with Crippen LogP contribution in [0.2, 0.25) is 0 Å². The van der Waals surface area contributed by atoms with E-state index in [2.05, 4.69) is 21.9 Å². The van der Waals surface area contributed by atoms with E-state index < -0.39 is 33.6 Å². The Morgan fingerprint density at radius 3 is 2.33 bits per heavy atom. The normalized spacial score (nSPS) is 15.8. The van der Waals surface area contributed by atoms with Crippen molar-refractivity contribution in [2.24, 2.45) is 0 Å². The van der Waals surface area contributed by atoms with Crippen molar-refractivity contribution in [2.75, 3.05) is 33.2 Å². The Morgan fingerprint density at radius 1 is 0.925 bits per heavy atom. The average molecular weight is 600 g/mol. The standard InChI is InChI=1S/C25H19F6N5O2S2/c1-34-9-11-35(12-10-34)40(37,38)22-8-7-19(39-22)6-5-17-15-32-36-21(25(29,30)31)14-20(33-23(17)36)16-3-2-4-18(13-16)24(26,27)28/h2-4,7-8,13-15H,9-12H2,1H3. The molecule has 0 bridgehead atoms. The molecular formula is C25H19F6N5O2S2. The number of halogens is 6. The Kier molecular flexibility index (Phi) is 7.15. The number of nitrogens with zero attached hydrogens (tertiary/aromatic N) is 5. The molecular weight excluding hydrogens is 580 g/mol. The van der Waals surface area contributed by atoms with Crippen molar-refractivity contribution in [1.82, 2.24) is 23.8 Å². The van der Waals surface area contributed by atoms with Gasteiger partial charge < -0.3 is 4.90 Å². The smallest absolute Gasteiger partial charge is 0.304 e. The van der Waals surface area contributed by atoms with Gasteiger partial charge in [-0.25, -0.2) is 17.9 Å². The van der Waals surface area contributed by atoms with Gasteiger partial charge in [0.2, 0.25) is 0 Å². The van der Waals surface area contributed by atoms with E-state index in [1.54, 1.807) is 0 Å². The average Bonchev–Trinajstić information content (AvgIpc) is 3.54. The van der Waals surface area contributed by atoms with Gasteiger partial charge >= 0.3 is 12.4 Å². The second-order valence-electron chi connectivity index (χ2n) is 8.97. The molecule has 0 radical (unpaired) electrons. The molecule has 1 fully saturated rings. The van der Waals surface area contributed by atoms with Crippen molar-refractivity contribution in [3.05, 3.63) is 70.4 Å². The van der Waals surface area contributed by atoms with Crippen LogP contribution in [-0.4, -0.2) is 65.4 Å². The van der Waals surface area contributed by atoms with E-state index in [0.717, 1.165) is 29.7 Å². The fraction of sp³-hybridized carbons (Fsp3) is 0.280. The Balaban J connectivity index is 1.52. The molecule has 1 saturated heterocycles. The second-order valence-corrected chi connectivity index (χ2v) is 12.2. The van der Waals surface area contributed by atoms with Crippen molar-refractivity contribution in [3.8, 4) is 23.1 Å². The first kappa shape index (κ1) is 28.1. The molecule has 0 N–H and O–H groups in total. The maximum Gasteiger partial charge on any atom is 0.433 e. The van der Waals surface area contributed by atoms with E-state index in [9.17, 15) is 34.8 Å². The molecule has 15 heteroatoms. The summed E-state index contributed by atoms with van der Waals surface area (Å²) in [5.41, 5.74) is -3.11. The summed E-state index contributed by atoms with van der Waals surface area (Å²) >= 11 is 0.922. The highest BCUT2D eigenvalue weighted by molar-refractivity contribution is 7.91. The maximum atomic E-state index is 13.9. The van der Waals surface area contributed by atoms with Gasteiger partial charge in [-0.15, -0.1) is 11.3 Å². The lowest BCUT2D eigenvalue weighted by atomic mass is 10.1. The van der Waals surface area contributed by atoms with Crippen molar-refractivity contribution >= 4 is 27.0 Å². The lowest BCUT2D eigenvalue weighted by Crippen LogP contribution is -2.46. The minimum atomic E-state index is -4.89. The van der Waals surface area contributed by atoms with Crippen LogP contribution in [0.25, 0.3) is 16.9 Å². The van der Waals surface area contributed by atoms with Crippen LogP contribution in [0, 0.1) is 11.8 Å². The number of benzene rings is 1. The van der Waals surface area contributed by atoms with Crippen molar-refractivity contribution in [1.29, 1.82) is 0 Å². The Bertz CT molecular complexity index is 1740. The van der Waals surface area contributed by atoms with Crippen LogP contribution in [0.3, 0.4) is 0 Å². The second kappa shape index (κ2) is 10.2. The van der Waals surface area contributed by atoms with Crippen molar-refractivity contribution in [2.45, 2.75) is 16.6 Å². The predicted molar refractivity (Wildman–Crippen MR) is 135 cm³/mol. The monoisotopic (exact) mass is 599 g/mol. The van der Waals surface area contributed by atoms with Crippen molar-refractivity contribution in [3.63, 3.8) is 0 Å². The minimum Gasteiger partial charge on any atom is -0.304 e. The first-order valence-electron chi connectivity index (χ1n) is 11.7. The molecule has 1 aliphatic heterocycles. The van der Waals surface area contributed by atoms with Gasteiger partial charge in [0.1, 0.15) is 4.21 Å². The van der Waals surface area contributed by atoms with Gasteiger partial charge in [-0.2, -0.15) is 35.7 Å². The van der Waals surface area contributed by atoms with E-state index in [-0.39, 0.29) is 26.7 Å². The van der Waals surface area contributed by atoms with Crippen LogP contribution in [0.5, 0.6) is 0 Å². The van der Waals surface area contributed by atoms with E-state index >= 15 is 0 Å².